The SMILES string of the molecule is c1ccc(-c2c3ccccc3c(-c3ccc4ccccc4c3)c3ccc(-c4ccc(-n5c(-c6ccccc6)cc6ccccc65)cc4)cc23)cc1. The first-order chi connectivity index (χ1) is 25.3. The lowest BCUT2D eigenvalue weighted by Gasteiger charge is -2.19. The molecule has 1 nitrogen and oxygen atoms in total. The number of hydrogen-bond donors (Lipinski definition) is 0. The average molecular weight is 648 g/mol. The van der Waals surface area contributed by atoms with E-state index in [0.29, 0.717) is 0 Å². The predicted molar refractivity (Wildman–Crippen MR) is 218 cm³/mol. The summed E-state index contributed by atoms with van der Waals surface area (Å²) in [5.74, 6) is 0. The van der Waals surface area contributed by atoms with Gasteiger partial charge in [-0.1, -0.05) is 164 Å². The fourth-order valence-corrected chi connectivity index (χ4v) is 7.99. The summed E-state index contributed by atoms with van der Waals surface area (Å²) in [6, 6.07) is 73.0. The van der Waals surface area contributed by atoms with Gasteiger partial charge in [0.25, 0.3) is 0 Å². The second kappa shape index (κ2) is 12.0. The summed E-state index contributed by atoms with van der Waals surface area (Å²) in [5.41, 5.74) is 12.2. The Hall–Kier alpha value is -6.70. The first-order valence-corrected chi connectivity index (χ1v) is 17.6. The number of benzene rings is 9. The number of nitrogens with zero attached hydrogens (tertiary/aromatic N) is 1. The summed E-state index contributed by atoms with van der Waals surface area (Å²) in [5, 5.41) is 8.79. The molecule has 51 heavy (non-hydrogen) atoms. The first kappa shape index (κ1) is 29.2. The van der Waals surface area contributed by atoms with Crippen LogP contribution in [0, 0.1) is 0 Å². The van der Waals surface area contributed by atoms with Crippen LogP contribution in [0.4, 0.5) is 0 Å². The van der Waals surface area contributed by atoms with Crippen LogP contribution in [0.15, 0.2) is 200 Å². The van der Waals surface area contributed by atoms with Crippen molar-refractivity contribution in [3.05, 3.63) is 200 Å². The molecule has 0 amide bonds. The van der Waals surface area contributed by atoms with E-state index in [1.54, 1.807) is 0 Å². The Bertz CT molecular complexity index is 2880. The summed E-state index contributed by atoms with van der Waals surface area (Å²) in [7, 11) is 0. The maximum atomic E-state index is 2.41. The van der Waals surface area contributed by atoms with Gasteiger partial charge in [0.1, 0.15) is 0 Å². The topological polar surface area (TPSA) is 4.93 Å². The Morgan fingerprint density at radius 2 is 0.824 bits per heavy atom. The van der Waals surface area contributed by atoms with Crippen LogP contribution in [-0.4, -0.2) is 4.57 Å². The van der Waals surface area contributed by atoms with E-state index in [1.165, 1.54) is 87.9 Å². The number of fused-ring (bicyclic) bond motifs is 4. The quantitative estimate of drug-likeness (QED) is 0.164. The molecule has 9 aromatic carbocycles. The minimum atomic E-state index is 1.15. The lowest BCUT2D eigenvalue weighted by atomic mass is 9.84. The van der Waals surface area contributed by atoms with Gasteiger partial charge in [0.2, 0.25) is 0 Å². The van der Waals surface area contributed by atoms with E-state index in [1.807, 2.05) is 0 Å². The zero-order valence-corrected chi connectivity index (χ0v) is 28.0. The van der Waals surface area contributed by atoms with Gasteiger partial charge < -0.3 is 4.57 Å². The monoisotopic (exact) mass is 647 g/mol. The molecule has 0 fully saturated rings. The minimum absolute atomic E-state index is 1.15. The highest BCUT2D eigenvalue weighted by molar-refractivity contribution is 6.22. The molecule has 1 heteroatoms. The molecule has 10 aromatic rings. The Morgan fingerprint density at radius 3 is 1.57 bits per heavy atom. The van der Waals surface area contributed by atoms with E-state index >= 15 is 0 Å². The molecule has 10 rings (SSSR count). The highest BCUT2D eigenvalue weighted by Crippen LogP contribution is 2.45. The van der Waals surface area contributed by atoms with Crippen molar-refractivity contribution in [2.24, 2.45) is 0 Å². The maximum absolute atomic E-state index is 2.41. The first-order valence-electron chi connectivity index (χ1n) is 17.6. The maximum Gasteiger partial charge on any atom is 0.0540 e. The molecule has 0 aliphatic rings. The highest BCUT2D eigenvalue weighted by Gasteiger charge is 2.18. The normalized spacial score (nSPS) is 11.5. The second-order valence-electron chi connectivity index (χ2n) is 13.3. The van der Waals surface area contributed by atoms with E-state index in [0.717, 1.165) is 5.69 Å². The Kier molecular flexibility index (Phi) is 6.89. The van der Waals surface area contributed by atoms with Crippen molar-refractivity contribution in [2.45, 2.75) is 0 Å². The molecule has 1 heterocycles. The van der Waals surface area contributed by atoms with E-state index in [9.17, 15) is 0 Å². The lowest BCUT2D eigenvalue weighted by molar-refractivity contribution is 1.13. The molecular weight excluding hydrogens is 615 g/mol. The molecule has 0 unspecified atom stereocenters. The van der Waals surface area contributed by atoms with Gasteiger partial charge in [-0.25, -0.2) is 0 Å². The summed E-state index contributed by atoms with van der Waals surface area (Å²) in [6.07, 6.45) is 0. The van der Waals surface area contributed by atoms with E-state index in [2.05, 4.69) is 205 Å². The van der Waals surface area contributed by atoms with Gasteiger partial charge in [-0.15, -0.1) is 0 Å². The van der Waals surface area contributed by atoms with Crippen LogP contribution >= 0.6 is 0 Å². The number of hydrogen-bond acceptors (Lipinski definition) is 0. The smallest absolute Gasteiger partial charge is 0.0540 e. The molecule has 0 spiro atoms. The molecule has 0 bridgehead atoms. The van der Waals surface area contributed by atoms with Gasteiger partial charge in [0.15, 0.2) is 0 Å². The van der Waals surface area contributed by atoms with E-state index in [4.69, 9.17) is 0 Å². The molecule has 1 aromatic heterocycles. The van der Waals surface area contributed by atoms with Crippen molar-refractivity contribution < 1.29 is 0 Å². The molecule has 0 aliphatic carbocycles. The molecule has 0 N–H and O–H groups in total. The van der Waals surface area contributed by atoms with Gasteiger partial charge in [0.05, 0.1) is 11.2 Å². The second-order valence-corrected chi connectivity index (χ2v) is 13.3. The predicted octanol–water partition coefficient (Wildman–Crippen LogP) is 13.8. The van der Waals surface area contributed by atoms with Crippen LogP contribution in [-0.2, 0) is 0 Å². The van der Waals surface area contributed by atoms with Crippen LogP contribution in [0.2, 0.25) is 0 Å². The Labute approximate surface area is 297 Å². The van der Waals surface area contributed by atoms with Gasteiger partial charge >= 0.3 is 0 Å². The van der Waals surface area contributed by atoms with Crippen LogP contribution in [0.3, 0.4) is 0 Å². The van der Waals surface area contributed by atoms with Crippen LogP contribution < -0.4 is 0 Å². The van der Waals surface area contributed by atoms with E-state index in [-0.39, 0.29) is 0 Å². The molecule has 0 saturated carbocycles. The molecule has 0 radical (unpaired) electrons. The lowest BCUT2D eigenvalue weighted by Crippen LogP contribution is -1.96. The molecule has 0 atom stereocenters. The summed E-state index contributed by atoms with van der Waals surface area (Å²) in [6.45, 7) is 0. The van der Waals surface area contributed by atoms with Crippen molar-refractivity contribution in [3.8, 4) is 50.3 Å². The molecule has 0 aliphatic heterocycles. The van der Waals surface area contributed by atoms with Gasteiger partial charge in [0, 0.05) is 11.1 Å². The number of rotatable bonds is 5. The van der Waals surface area contributed by atoms with Crippen molar-refractivity contribution in [1.29, 1.82) is 0 Å². The fraction of sp³-hybridized carbons (Fsp3) is 0. The standard InChI is InChI=1S/C50H33N/c1-3-14-36(15-4-1)48-33-40-19-9-12-22-47(40)51(48)42-28-25-35(26-29-42)39-27-30-45-46(32-39)49(37-16-5-2-6-17-37)43-20-10-11-21-44(43)50(45)41-24-23-34-13-7-8-18-38(34)31-41/h1-33H. The number of para-hydroxylation sites is 1. The van der Waals surface area contributed by atoms with Crippen molar-refractivity contribution in [1.82, 2.24) is 4.57 Å². The molecule has 0 saturated heterocycles. The zero-order chi connectivity index (χ0) is 33.7. The third-order valence-corrected chi connectivity index (χ3v) is 10.4. The largest absolute Gasteiger partial charge is 0.309 e. The van der Waals surface area contributed by atoms with Gasteiger partial charge in [-0.3, -0.25) is 0 Å². The summed E-state index contributed by atoms with van der Waals surface area (Å²) < 4.78 is 2.38. The van der Waals surface area contributed by atoms with E-state index < -0.39 is 0 Å². The zero-order valence-electron chi connectivity index (χ0n) is 28.0. The van der Waals surface area contributed by atoms with Crippen molar-refractivity contribution in [3.63, 3.8) is 0 Å². The third kappa shape index (κ3) is 4.94. The van der Waals surface area contributed by atoms with Crippen LogP contribution in [0.25, 0.3) is 93.5 Å². The summed E-state index contributed by atoms with van der Waals surface area (Å²) >= 11 is 0. The van der Waals surface area contributed by atoms with Crippen LogP contribution in [0.1, 0.15) is 0 Å². The Balaban J connectivity index is 1.17. The molecule has 238 valence electrons. The van der Waals surface area contributed by atoms with Crippen LogP contribution in [0.5, 0.6) is 0 Å². The fourth-order valence-electron chi connectivity index (χ4n) is 7.99. The highest BCUT2D eigenvalue weighted by atomic mass is 15.0. The van der Waals surface area contributed by atoms with Gasteiger partial charge in [-0.05, 0) is 108 Å². The average Bonchev–Trinajstić information content (AvgIpc) is 3.60. The van der Waals surface area contributed by atoms with Crippen molar-refractivity contribution >= 4 is 43.2 Å². The van der Waals surface area contributed by atoms with Crippen molar-refractivity contribution in [2.75, 3.05) is 0 Å². The van der Waals surface area contributed by atoms with Gasteiger partial charge in [-0.2, -0.15) is 0 Å². The third-order valence-electron chi connectivity index (χ3n) is 10.4. The number of aromatic nitrogens is 1. The minimum Gasteiger partial charge on any atom is -0.309 e. The Morgan fingerprint density at radius 1 is 0.275 bits per heavy atom. The molecular formula is C50H33N. The summed E-state index contributed by atoms with van der Waals surface area (Å²) in [4.78, 5) is 0.